The molecule has 1 aliphatic rings. The van der Waals surface area contributed by atoms with Gasteiger partial charge >= 0.3 is 0 Å². The average molecular weight is 388 g/mol. The zero-order chi connectivity index (χ0) is 20.1. The lowest BCUT2D eigenvalue weighted by molar-refractivity contribution is -0.120. The van der Waals surface area contributed by atoms with Crippen LogP contribution in [-0.2, 0) is 4.79 Å². The van der Waals surface area contributed by atoms with E-state index >= 15 is 0 Å². The fourth-order valence-corrected chi connectivity index (χ4v) is 3.64. The minimum Gasteiger partial charge on any atom is -0.495 e. The first-order valence-corrected chi connectivity index (χ1v) is 9.81. The smallest absolute Gasteiger partial charge is 0.227 e. The average Bonchev–Trinajstić information content (AvgIpc) is 2.80. The Labute approximate surface area is 170 Å². The number of rotatable bonds is 5. The summed E-state index contributed by atoms with van der Waals surface area (Å²) in [4.78, 5) is 23.8. The maximum absolute atomic E-state index is 12.7. The molecular weight excluding hydrogens is 364 g/mol. The van der Waals surface area contributed by atoms with E-state index in [2.05, 4.69) is 20.2 Å². The van der Waals surface area contributed by atoms with Crippen LogP contribution in [0.5, 0.6) is 5.75 Å². The summed E-state index contributed by atoms with van der Waals surface area (Å²) in [6.45, 7) is 1.57. The summed E-state index contributed by atoms with van der Waals surface area (Å²) < 4.78 is 5.32. The van der Waals surface area contributed by atoms with Gasteiger partial charge in [0.05, 0.1) is 18.5 Å². The summed E-state index contributed by atoms with van der Waals surface area (Å²) in [6, 6.07) is 19.6. The Morgan fingerprint density at radius 2 is 1.76 bits per heavy atom. The summed E-state index contributed by atoms with van der Waals surface area (Å²) in [5, 5.41) is 3.01. The Bertz CT molecular complexity index is 969. The predicted octanol–water partition coefficient (Wildman–Crippen LogP) is 4.01. The Kier molecular flexibility index (Phi) is 5.70. The molecule has 0 bridgehead atoms. The molecule has 0 unspecified atom stereocenters. The molecule has 1 fully saturated rings. The van der Waals surface area contributed by atoms with Crippen LogP contribution in [0.25, 0.3) is 11.3 Å². The molecule has 1 saturated heterocycles. The molecule has 0 radical (unpaired) electrons. The monoisotopic (exact) mass is 388 g/mol. The van der Waals surface area contributed by atoms with Crippen molar-refractivity contribution in [3.8, 4) is 17.0 Å². The summed E-state index contributed by atoms with van der Waals surface area (Å²) in [5.41, 5.74) is 2.69. The molecule has 148 valence electrons. The van der Waals surface area contributed by atoms with Crippen molar-refractivity contribution >= 4 is 17.4 Å². The van der Waals surface area contributed by atoms with E-state index in [0.29, 0.717) is 11.4 Å². The van der Waals surface area contributed by atoms with Gasteiger partial charge in [0.25, 0.3) is 0 Å². The molecule has 1 N–H and O–H groups in total. The molecule has 6 nitrogen and oxygen atoms in total. The number of anilines is 2. The van der Waals surface area contributed by atoms with Crippen LogP contribution in [0.2, 0.25) is 0 Å². The standard InChI is InChI=1S/C23H24N4O2/c1-29-21-10-6-5-9-19(21)26-23(28)18-11-13-27(14-12-18)22-15-20(24-16-25-22)17-7-3-2-4-8-17/h2-10,15-16,18H,11-14H2,1H3,(H,26,28). The number of amides is 1. The first-order chi connectivity index (χ1) is 14.2. The summed E-state index contributed by atoms with van der Waals surface area (Å²) in [5.74, 6) is 1.60. The van der Waals surface area contributed by atoms with Crippen molar-refractivity contribution in [2.75, 3.05) is 30.4 Å². The van der Waals surface area contributed by atoms with Crippen LogP contribution in [0, 0.1) is 5.92 Å². The largest absolute Gasteiger partial charge is 0.495 e. The normalized spacial score (nSPS) is 14.4. The van der Waals surface area contributed by atoms with Crippen molar-refractivity contribution in [1.29, 1.82) is 0 Å². The first-order valence-electron chi connectivity index (χ1n) is 9.81. The second-order valence-corrected chi connectivity index (χ2v) is 7.08. The maximum atomic E-state index is 12.7. The van der Waals surface area contributed by atoms with Gasteiger partial charge in [0, 0.05) is 30.6 Å². The number of methoxy groups -OCH3 is 1. The first kappa shape index (κ1) is 18.9. The molecule has 1 amide bonds. The van der Waals surface area contributed by atoms with Gasteiger partial charge in [0.15, 0.2) is 0 Å². The lowest BCUT2D eigenvalue weighted by atomic mass is 9.95. The number of piperidine rings is 1. The maximum Gasteiger partial charge on any atom is 0.227 e. The zero-order valence-corrected chi connectivity index (χ0v) is 16.4. The summed E-state index contributed by atoms with van der Waals surface area (Å²) in [6.07, 6.45) is 3.18. The van der Waals surface area contributed by atoms with E-state index in [1.807, 2.05) is 60.7 Å². The van der Waals surface area contributed by atoms with E-state index in [-0.39, 0.29) is 11.8 Å². The van der Waals surface area contributed by atoms with Crippen molar-refractivity contribution in [3.05, 3.63) is 67.0 Å². The van der Waals surface area contributed by atoms with Crippen molar-refractivity contribution in [2.45, 2.75) is 12.8 Å². The number of hydrogen-bond donors (Lipinski definition) is 1. The molecular formula is C23H24N4O2. The highest BCUT2D eigenvalue weighted by Crippen LogP contribution is 2.28. The molecule has 1 aliphatic heterocycles. The fourth-order valence-electron chi connectivity index (χ4n) is 3.64. The minimum atomic E-state index is -0.0217. The molecule has 0 aliphatic carbocycles. The van der Waals surface area contributed by atoms with E-state index < -0.39 is 0 Å². The predicted molar refractivity (Wildman–Crippen MR) is 114 cm³/mol. The Morgan fingerprint density at radius 1 is 1.03 bits per heavy atom. The van der Waals surface area contributed by atoms with Gasteiger partial charge in [0.2, 0.25) is 5.91 Å². The molecule has 0 spiro atoms. The van der Waals surface area contributed by atoms with Crippen LogP contribution in [-0.4, -0.2) is 36.1 Å². The van der Waals surface area contributed by atoms with E-state index in [1.165, 1.54) is 0 Å². The SMILES string of the molecule is COc1ccccc1NC(=O)C1CCN(c2cc(-c3ccccc3)ncn2)CC1. The highest BCUT2D eigenvalue weighted by atomic mass is 16.5. The Hall–Kier alpha value is -3.41. The van der Waals surface area contributed by atoms with Crippen LogP contribution >= 0.6 is 0 Å². The number of carbonyl (C=O) groups excluding carboxylic acids is 1. The number of ether oxygens (including phenoxy) is 1. The molecule has 0 atom stereocenters. The third kappa shape index (κ3) is 4.37. The summed E-state index contributed by atoms with van der Waals surface area (Å²) >= 11 is 0. The molecule has 6 heteroatoms. The zero-order valence-electron chi connectivity index (χ0n) is 16.4. The molecule has 0 saturated carbocycles. The molecule has 3 aromatic rings. The number of hydrogen-bond acceptors (Lipinski definition) is 5. The van der Waals surface area contributed by atoms with Gasteiger partial charge in [-0.2, -0.15) is 0 Å². The fraction of sp³-hybridized carbons (Fsp3) is 0.261. The van der Waals surface area contributed by atoms with Crippen LogP contribution in [0.15, 0.2) is 67.0 Å². The highest BCUT2D eigenvalue weighted by Gasteiger charge is 2.26. The second kappa shape index (κ2) is 8.73. The second-order valence-electron chi connectivity index (χ2n) is 7.08. The van der Waals surface area contributed by atoms with Gasteiger partial charge in [-0.1, -0.05) is 42.5 Å². The van der Waals surface area contributed by atoms with Crippen molar-refractivity contribution in [2.24, 2.45) is 5.92 Å². The van der Waals surface area contributed by atoms with Gasteiger partial charge in [-0.15, -0.1) is 0 Å². The van der Waals surface area contributed by atoms with Crippen LogP contribution < -0.4 is 15.0 Å². The Balaban J connectivity index is 1.39. The third-order valence-corrected chi connectivity index (χ3v) is 5.28. The van der Waals surface area contributed by atoms with Crippen molar-refractivity contribution in [3.63, 3.8) is 0 Å². The van der Waals surface area contributed by atoms with Gasteiger partial charge in [-0.3, -0.25) is 4.79 Å². The lowest BCUT2D eigenvalue weighted by Gasteiger charge is -2.32. The Morgan fingerprint density at radius 3 is 2.52 bits per heavy atom. The molecule has 1 aromatic heterocycles. The summed E-state index contributed by atoms with van der Waals surface area (Å²) in [7, 11) is 1.61. The highest BCUT2D eigenvalue weighted by molar-refractivity contribution is 5.94. The van der Waals surface area contributed by atoms with E-state index in [1.54, 1.807) is 13.4 Å². The molecule has 4 rings (SSSR count). The number of nitrogens with zero attached hydrogens (tertiary/aromatic N) is 3. The van der Waals surface area contributed by atoms with Gasteiger partial charge < -0.3 is 15.0 Å². The third-order valence-electron chi connectivity index (χ3n) is 5.28. The number of aromatic nitrogens is 2. The number of para-hydroxylation sites is 2. The van der Waals surface area contributed by atoms with Crippen LogP contribution in [0.1, 0.15) is 12.8 Å². The minimum absolute atomic E-state index is 0.0217. The number of carbonyl (C=O) groups is 1. The van der Waals surface area contributed by atoms with Crippen molar-refractivity contribution < 1.29 is 9.53 Å². The quantitative estimate of drug-likeness (QED) is 0.715. The van der Waals surface area contributed by atoms with Crippen molar-refractivity contribution in [1.82, 2.24) is 9.97 Å². The molecule has 29 heavy (non-hydrogen) atoms. The van der Waals surface area contributed by atoms with E-state index in [4.69, 9.17) is 4.74 Å². The lowest BCUT2D eigenvalue weighted by Crippen LogP contribution is -2.38. The molecule has 2 aromatic carbocycles. The van der Waals surface area contributed by atoms with Gasteiger partial charge in [-0.05, 0) is 25.0 Å². The number of benzene rings is 2. The van der Waals surface area contributed by atoms with Gasteiger partial charge in [-0.25, -0.2) is 9.97 Å². The van der Waals surface area contributed by atoms with Crippen LogP contribution in [0.4, 0.5) is 11.5 Å². The van der Waals surface area contributed by atoms with E-state index in [0.717, 1.165) is 43.0 Å². The topological polar surface area (TPSA) is 67.3 Å². The number of nitrogens with one attached hydrogen (secondary N) is 1. The van der Waals surface area contributed by atoms with Crippen LogP contribution in [0.3, 0.4) is 0 Å². The van der Waals surface area contributed by atoms with Gasteiger partial charge in [0.1, 0.15) is 17.9 Å². The molecule has 2 heterocycles. The van der Waals surface area contributed by atoms with E-state index in [9.17, 15) is 4.79 Å².